The molecule has 1 aliphatic heterocycles. The van der Waals surface area contributed by atoms with Gasteiger partial charge in [0.25, 0.3) is 0 Å². The third-order valence-electron chi connectivity index (χ3n) is 3.29. The molecule has 0 aliphatic carbocycles. The zero-order chi connectivity index (χ0) is 14.1. The molecule has 1 aliphatic rings. The Bertz CT molecular complexity index is 709. The van der Waals surface area contributed by atoms with Crippen LogP contribution in [0.4, 0.5) is 5.69 Å². The van der Waals surface area contributed by atoms with E-state index in [9.17, 15) is 5.02 Å². The van der Waals surface area contributed by atoms with Gasteiger partial charge < -0.3 is 14.4 Å². The van der Waals surface area contributed by atoms with Gasteiger partial charge in [-0.25, -0.2) is 4.85 Å². The summed E-state index contributed by atoms with van der Waals surface area (Å²) in [7, 11) is -0.835. The van der Waals surface area contributed by atoms with Crippen LogP contribution in [0.15, 0.2) is 36.4 Å². The molecule has 0 saturated carbocycles. The van der Waals surface area contributed by atoms with Crippen LogP contribution in [0.1, 0.15) is 11.1 Å². The minimum absolute atomic E-state index is 0.392. The monoisotopic (exact) mass is 265 g/mol. The lowest BCUT2D eigenvalue weighted by atomic mass is 9.80. The molecule has 5 heteroatoms. The fourth-order valence-electron chi connectivity index (χ4n) is 2.21. The molecule has 1 heterocycles. The Labute approximate surface area is 117 Å². The fraction of sp³-hybridized carbons (Fsp3) is 0.133. The molecule has 1 N–H and O–H groups in total. The highest BCUT2D eigenvalue weighted by Crippen LogP contribution is 2.29. The Hall–Kier alpha value is -2.29. The van der Waals surface area contributed by atoms with E-state index >= 15 is 0 Å². The summed E-state index contributed by atoms with van der Waals surface area (Å²) >= 11 is 0. The SMILES string of the molecule is [C-]#[N+]c1ccc(Oc2ccc3c(c2)COB3O)c(C)c1. The van der Waals surface area contributed by atoms with E-state index in [1.807, 2.05) is 19.1 Å². The van der Waals surface area contributed by atoms with Gasteiger partial charge in [-0.15, -0.1) is 0 Å². The van der Waals surface area contributed by atoms with Crippen molar-refractivity contribution in [1.82, 2.24) is 0 Å². The number of ether oxygens (including phenoxy) is 1. The van der Waals surface area contributed by atoms with Crippen molar-refractivity contribution in [1.29, 1.82) is 0 Å². The van der Waals surface area contributed by atoms with Crippen molar-refractivity contribution in [3.05, 3.63) is 58.9 Å². The number of rotatable bonds is 2. The third-order valence-corrected chi connectivity index (χ3v) is 3.29. The molecule has 2 aromatic rings. The Morgan fingerprint density at radius 1 is 1.30 bits per heavy atom. The number of aryl methyl sites for hydroxylation is 1. The Morgan fingerprint density at radius 3 is 2.90 bits per heavy atom. The van der Waals surface area contributed by atoms with Gasteiger partial charge in [0, 0.05) is 0 Å². The van der Waals surface area contributed by atoms with Crippen LogP contribution < -0.4 is 10.2 Å². The van der Waals surface area contributed by atoms with Crippen molar-refractivity contribution in [3.8, 4) is 11.5 Å². The highest BCUT2D eigenvalue weighted by Gasteiger charge is 2.27. The first-order valence-electron chi connectivity index (χ1n) is 6.26. The van der Waals surface area contributed by atoms with E-state index in [0.717, 1.165) is 22.3 Å². The smallest absolute Gasteiger partial charge is 0.457 e. The van der Waals surface area contributed by atoms with E-state index in [2.05, 4.69) is 4.85 Å². The summed E-state index contributed by atoms with van der Waals surface area (Å²) in [6.07, 6.45) is 0. The van der Waals surface area contributed by atoms with Gasteiger partial charge in [0.15, 0.2) is 5.69 Å². The Morgan fingerprint density at radius 2 is 2.15 bits per heavy atom. The van der Waals surface area contributed by atoms with Gasteiger partial charge in [0.2, 0.25) is 0 Å². The lowest BCUT2D eigenvalue weighted by molar-refractivity contribution is 0.275. The van der Waals surface area contributed by atoms with Crippen LogP contribution in [0.5, 0.6) is 11.5 Å². The van der Waals surface area contributed by atoms with Crippen molar-refractivity contribution in [2.24, 2.45) is 0 Å². The van der Waals surface area contributed by atoms with Gasteiger partial charge >= 0.3 is 7.12 Å². The largest absolute Gasteiger partial charge is 0.491 e. The standard InChI is InChI=1S/C15H12BNO3/c1-10-7-12(17-2)3-6-15(10)20-13-4-5-14-11(8-13)9-19-16(14)18/h3-8,18H,9H2,1H3. The molecule has 0 atom stereocenters. The molecular weight excluding hydrogens is 253 g/mol. The first kappa shape index (κ1) is 12.7. The third kappa shape index (κ3) is 2.27. The molecule has 2 aromatic carbocycles. The van der Waals surface area contributed by atoms with E-state index in [1.54, 1.807) is 24.3 Å². The van der Waals surface area contributed by atoms with Crippen LogP contribution in [-0.2, 0) is 11.3 Å². The summed E-state index contributed by atoms with van der Waals surface area (Å²) in [5, 5.41) is 9.57. The molecular formula is C15H12BNO3. The molecule has 98 valence electrons. The van der Waals surface area contributed by atoms with Crippen molar-refractivity contribution in [2.45, 2.75) is 13.5 Å². The minimum atomic E-state index is -0.835. The van der Waals surface area contributed by atoms with Crippen molar-refractivity contribution >= 4 is 18.3 Å². The first-order valence-corrected chi connectivity index (χ1v) is 6.26. The Kier molecular flexibility index (Phi) is 3.19. The summed E-state index contributed by atoms with van der Waals surface area (Å²) in [6, 6.07) is 10.8. The lowest BCUT2D eigenvalue weighted by Crippen LogP contribution is -2.27. The van der Waals surface area contributed by atoms with Crippen LogP contribution in [0.25, 0.3) is 4.85 Å². The predicted octanol–water partition coefficient (Wildman–Crippen LogP) is 2.56. The molecule has 0 saturated heterocycles. The molecule has 3 rings (SSSR count). The van der Waals surface area contributed by atoms with Gasteiger partial charge in [-0.2, -0.15) is 0 Å². The highest BCUT2D eigenvalue weighted by atomic mass is 16.5. The van der Waals surface area contributed by atoms with Gasteiger partial charge in [0.1, 0.15) is 11.5 Å². The molecule has 0 spiro atoms. The van der Waals surface area contributed by atoms with Crippen LogP contribution in [0.2, 0.25) is 0 Å². The number of benzene rings is 2. The van der Waals surface area contributed by atoms with E-state index in [1.165, 1.54) is 0 Å². The number of hydrogen-bond donors (Lipinski definition) is 1. The summed E-state index contributed by atoms with van der Waals surface area (Å²) in [6.45, 7) is 9.28. The first-order chi connectivity index (χ1) is 9.67. The van der Waals surface area contributed by atoms with Gasteiger partial charge in [-0.05, 0) is 47.8 Å². The average molecular weight is 265 g/mol. The summed E-state index contributed by atoms with van der Waals surface area (Å²) in [5.41, 5.74) is 3.23. The molecule has 0 radical (unpaired) electrons. The molecule has 20 heavy (non-hydrogen) atoms. The maximum absolute atomic E-state index is 9.57. The fourth-order valence-corrected chi connectivity index (χ4v) is 2.21. The number of nitrogens with zero attached hydrogens (tertiary/aromatic N) is 1. The zero-order valence-electron chi connectivity index (χ0n) is 11.0. The van der Waals surface area contributed by atoms with Crippen molar-refractivity contribution in [3.63, 3.8) is 0 Å². The zero-order valence-corrected chi connectivity index (χ0v) is 11.0. The normalized spacial score (nSPS) is 12.9. The van der Waals surface area contributed by atoms with Crippen molar-refractivity contribution in [2.75, 3.05) is 0 Å². The minimum Gasteiger partial charge on any atom is -0.457 e. The molecule has 0 bridgehead atoms. The molecule has 0 unspecified atom stereocenters. The van der Waals surface area contributed by atoms with E-state index < -0.39 is 7.12 Å². The second-order valence-electron chi connectivity index (χ2n) is 4.69. The molecule has 0 aromatic heterocycles. The average Bonchev–Trinajstić information content (AvgIpc) is 2.82. The summed E-state index contributed by atoms with van der Waals surface area (Å²) < 4.78 is 11.0. The molecule has 0 fully saturated rings. The predicted molar refractivity (Wildman–Crippen MR) is 76.4 cm³/mol. The van der Waals surface area contributed by atoms with Gasteiger partial charge in [0.05, 0.1) is 13.2 Å². The highest BCUT2D eigenvalue weighted by molar-refractivity contribution is 6.61. The van der Waals surface area contributed by atoms with Gasteiger partial charge in [-0.3, -0.25) is 0 Å². The van der Waals surface area contributed by atoms with Crippen molar-refractivity contribution < 1.29 is 14.4 Å². The lowest BCUT2D eigenvalue weighted by Gasteiger charge is -2.10. The summed E-state index contributed by atoms with van der Waals surface area (Å²) in [4.78, 5) is 3.39. The molecule has 4 nitrogen and oxygen atoms in total. The second kappa shape index (κ2) is 5.01. The quantitative estimate of drug-likeness (QED) is 0.670. The number of hydrogen-bond acceptors (Lipinski definition) is 3. The number of fused-ring (bicyclic) bond motifs is 1. The van der Waals surface area contributed by atoms with E-state index in [4.69, 9.17) is 16.0 Å². The van der Waals surface area contributed by atoms with E-state index in [0.29, 0.717) is 18.0 Å². The van der Waals surface area contributed by atoms with Crippen LogP contribution in [0.3, 0.4) is 0 Å². The van der Waals surface area contributed by atoms with Gasteiger partial charge in [-0.1, -0.05) is 12.1 Å². The van der Waals surface area contributed by atoms with Crippen LogP contribution in [0, 0.1) is 13.5 Å². The topological polar surface area (TPSA) is 43.0 Å². The second-order valence-corrected chi connectivity index (χ2v) is 4.69. The Balaban J connectivity index is 1.87. The van der Waals surface area contributed by atoms with Crippen LogP contribution >= 0.6 is 0 Å². The maximum atomic E-state index is 9.57. The molecule has 0 amide bonds. The maximum Gasteiger partial charge on any atom is 0.491 e. The van der Waals surface area contributed by atoms with E-state index in [-0.39, 0.29) is 0 Å². The van der Waals surface area contributed by atoms with Crippen LogP contribution in [-0.4, -0.2) is 12.1 Å². The summed E-state index contributed by atoms with van der Waals surface area (Å²) in [5.74, 6) is 1.41.